The lowest BCUT2D eigenvalue weighted by molar-refractivity contribution is -0.146. The van der Waals surface area contributed by atoms with Gasteiger partial charge in [-0.3, -0.25) is 33.8 Å². The number of aromatic nitrogens is 2. The summed E-state index contributed by atoms with van der Waals surface area (Å²) < 4.78 is 0. The molecule has 5 N–H and O–H groups in total. The molecule has 1 saturated carbocycles. The van der Waals surface area contributed by atoms with Gasteiger partial charge in [-0.15, -0.1) is 0 Å². The summed E-state index contributed by atoms with van der Waals surface area (Å²) >= 11 is 0. The van der Waals surface area contributed by atoms with Crippen molar-refractivity contribution in [3.05, 3.63) is 60.2 Å². The first-order valence-corrected chi connectivity index (χ1v) is 18.3. The Kier molecular flexibility index (Phi) is 14.2. The third-order valence-corrected chi connectivity index (χ3v) is 10.0. The number of amides is 5. The zero-order valence-corrected chi connectivity index (χ0v) is 30.9. The Morgan fingerprint density at radius 2 is 1.57 bits per heavy atom. The number of benzene rings is 1. The zero-order chi connectivity index (χ0) is 38.8. The van der Waals surface area contributed by atoms with Gasteiger partial charge in [0.1, 0.15) is 29.9 Å². The first-order valence-electron chi connectivity index (χ1n) is 18.3. The second-order valence-corrected chi connectivity index (χ2v) is 14.6. The molecule has 2 aliphatic rings. The molecule has 15 nitrogen and oxygen atoms in total. The average molecular weight is 734 g/mol. The lowest BCUT2D eigenvalue weighted by Crippen LogP contribution is -2.60. The van der Waals surface area contributed by atoms with E-state index in [4.69, 9.17) is 0 Å². The van der Waals surface area contributed by atoms with Gasteiger partial charge in [-0.2, -0.15) is 0 Å². The maximum absolute atomic E-state index is 14.3. The van der Waals surface area contributed by atoms with Gasteiger partial charge in [0.05, 0.1) is 12.2 Å². The molecule has 0 bridgehead atoms. The number of likely N-dealkylation sites (tertiary alicyclic amines) is 1. The Morgan fingerprint density at radius 1 is 0.868 bits per heavy atom. The van der Waals surface area contributed by atoms with E-state index in [-0.39, 0.29) is 42.8 Å². The molecule has 2 aromatic rings. The monoisotopic (exact) mass is 733 g/mol. The van der Waals surface area contributed by atoms with Crippen LogP contribution >= 0.6 is 0 Å². The van der Waals surface area contributed by atoms with Crippen molar-refractivity contribution in [1.29, 1.82) is 0 Å². The number of ketones is 1. The van der Waals surface area contributed by atoms with Crippen molar-refractivity contribution < 1.29 is 38.7 Å². The standard InChI is InChI=1S/C38H51N7O8/c1-6-11-26(32(46)36(50)42-27(38(52)53)18-23-12-8-7-9-13-23)41-35(49)31-25-15-10-14-24(25)20-45(31)37(51)30(22(4)5)44-34(48)29(21(2)3)43-33(47)28-19-39-16-17-40-28/h7-9,12-13,16-17,19,21-22,24-27,29-31H,6,10-11,14-15,18,20H2,1-5H3,(H,41,49)(H,42,50)(H,43,47)(H,44,48)(H,52,53)/t24-,25-,26?,27?,29+,30-,31?/m0/s1. The highest BCUT2D eigenvalue weighted by molar-refractivity contribution is 6.38. The molecule has 1 saturated heterocycles. The molecular weight excluding hydrogens is 682 g/mol. The fraction of sp³-hybridized carbons (Fsp3) is 0.553. The van der Waals surface area contributed by atoms with E-state index in [1.54, 1.807) is 65.0 Å². The Bertz CT molecular complexity index is 1640. The van der Waals surface area contributed by atoms with Crippen LogP contribution in [0.5, 0.6) is 0 Å². The van der Waals surface area contributed by atoms with E-state index in [1.807, 2.05) is 0 Å². The average Bonchev–Trinajstić information content (AvgIpc) is 3.74. The molecule has 4 rings (SSSR count). The van der Waals surface area contributed by atoms with Crippen LogP contribution in [0.1, 0.15) is 82.8 Å². The summed E-state index contributed by atoms with van der Waals surface area (Å²) in [4.78, 5) is 103. The minimum Gasteiger partial charge on any atom is -0.480 e. The fourth-order valence-corrected chi connectivity index (χ4v) is 7.22. The van der Waals surface area contributed by atoms with Crippen LogP contribution in [0.25, 0.3) is 0 Å². The number of aliphatic carboxylic acids is 1. The summed E-state index contributed by atoms with van der Waals surface area (Å²) in [6.45, 7) is 9.13. The van der Waals surface area contributed by atoms with Crippen molar-refractivity contribution in [1.82, 2.24) is 36.1 Å². The van der Waals surface area contributed by atoms with Crippen molar-refractivity contribution in [2.45, 2.75) is 103 Å². The second kappa shape index (κ2) is 18.5. The van der Waals surface area contributed by atoms with Crippen molar-refractivity contribution in [3.8, 4) is 0 Å². The molecular formula is C38H51N7O8. The summed E-state index contributed by atoms with van der Waals surface area (Å²) in [6, 6.07) is 3.07. The van der Waals surface area contributed by atoms with E-state index in [0.717, 1.165) is 12.8 Å². The van der Waals surface area contributed by atoms with Gasteiger partial charge in [-0.1, -0.05) is 77.8 Å². The highest BCUT2D eigenvalue weighted by Gasteiger charge is 2.51. The Labute approximate surface area is 309 Å². The summed E-state index contributed by atoms with van der Waals surface area (Å²) in [5.74, 6) is -6.53. The summed E-state index contributed by atoms with van der Waals surface area (Å²) in [5, 5.41) is 20.3. The molecule has 5 amide bonds. The number of carboxylic acid groups (broad SMARTS) is 1. The molecule has 1 aliphatic carbocycles. The van der Waals surface area contributed by atoms with E-state index in [2.05, 4.69) is 31.2 Å². The van der Waals surface area contributed by atoms with Crippen LogP contribution in [-0.2, 0) is 35.2 Å². The Morgan fingerprint density at radius 3 is 2.17 bits per heavy atom. The topological polar surface area (TPSA) is 217 Å². The quantitative estimate of drug-likeness (QED) is 0.148. The summed E-state index contributed by atoms with van der Waals surface area (Å²) in [5.41, 5.74) is 0.691. The molecule has 15 heteroatoms. The van der Waals surface area contributed by atoms with Gasteiger partial charge in [-0.05, 0) is 48.5 Å². The van der Waals surface area contributed by atoms with Crippen molar-refractivity contribution >= 4 is 41.3 Å². The second-order valence-electron chi connectivity index (χ2n) is 14.6. The van der Waals surface area contributed by atoms with Crippen LogP contribution in [-0.4, -0.2) is 98.0 Å². The van der Waals surface area contributed by atoms with E-state index in [1.165, 1.54) is 23.5 Å². The minimum atomic E-state index is -1.37. The highest BCUT2D eigenvalue weighted by Crippen LogP contribution is 2.42. The van der Waals surface area contributed by atoms with E-state index < -0.39 is 77.4 Å². The third-order valence-electron chi connectivity index (χ3n) is 10.0. The van der Waals surface area contributed by atoms with Crippen LogP contribution in [0.15, 0.2) is 48.9 Å². The molecule has 3 unspecified atom stereocenters. The number of hydrogen-bond donors (Lipinski definition) is 5. The molecule has 7 atom stereocenters. The molecule has 2 fully saturated rings. The lowest BCUT2D eigenvalue weighted by Gasteiger charge is -2.34. The van der Waals surface area contributed by atoms with E-state index in [0.29, 0.717) is 18.4 Å². The first kappa shape index (κ1) is 40.6. The molecule has 2 heterocycles. The number of rotatable bonds is 17. The number of Topliss-reactive ketones (excluding diaryl/α,β-unsaturated/α-hetero) is 1. The number of carbonyl (C=O) groups excluding carboxylic acids is 6. The predicted molar refractivity (Wildman–Crippen MR) is 193 cm³/mol. The molecule has 0 spiro atoms. The predicted octanol–water partition coefficient (Wildman–Crippen LogP) is 1.67. The lowest BCUT2D eigenvalue weighted by atomic mass is 9.92. The van der Waals surface area contributed by atoms with Gasteiger partial charge in [0, 0.05) is 25.4 Å². The molecule has 1 aromatic carbocycles. The first-order chi connectivity index (χ1) is 25.2. The highest BCUT2D eigenvalue weighted by atomic mass is 16.4. The number of fused-ring (bicyclic) bond motifs is 1. The minimum absolute atomic E-state index is 0.0332. The molecule has 53 heavy (non-hydrogen) atoms. The Hall–Kier alpha value is -5.21. The van der Waals surface area contributed by atoms with Crippen LogP contribution in [0.2, 0.25) is 0 Å². The summed E-state index contributed by atoms with van der Waals surface area (Å²) in [6.07, 6.45) is 6.93. The van der Waals surface area contributed by atoms with Crippen LogP contribution < -0.4 is 21.3 Å². The van der Waals surface area contributed by atoms with Gasteiger partial charge in [0.15, 0.2) is 0 Å². The molecule has 286 valence electrons. The van der Waals surface area contributed by atoms with Crippen molar-refractivity contribution in [2.75, 3.05) is 6.54 Å². The number of nitrogens with one attached hydrogen (secondary N) is 4. The number of carboxylic acids is 1. The third kappa shape index (κ3) is 10.2. The number of nitrogens with zero attached hydrogens (tertiary/aromatic N) is 3. The smallest absolute Gasteiger partial charge is 0.326 e. The zero-order valence-electron chi connectivity index (χ0n) is 30.9. The fourth-order valence-electron chi connectivity index (χ4n) is 7.22. The number of carbonyl (C=O) groups is 7. The van der Waals surface area contributed by atoms with Gasteiger partial charge in [0.2, 0.25) is 23.5 Å². The van der Waals surface area contributed by atoms with E-state index in [9.17, 15) is 38.7 Å². The Balaban J connectivity index is 1.50. The largest absolute Gasteiger partial charge is 0.480 e. The maximum atomic E-state index is 14.3. The SMILES string of the molecule is CCCC(NC(=O)C1[C@H]2CCC[C@H]2CN1C(=O)[C@@H](NC(=O)[C@H](NC(=O)c1cnccn1)C(C)C)C(C)C)C(=O)C(=O)NC(Cc1ccccc1)C(=O)O. The summed E-state index contributed by atoms with van der Waals surface area (Å²) in [7, 11) is 0. The van der Waals surface area contributed by atoms with Crippen molar-refractivity contribution in [2.24, 2.45) is 23.7 Å². The van der Waals surface area contributed by atoms with Gasteiger partial charge in [-0.25, -0.2) is 9.78 Å². The van der Waals surface area contributed by atoms with Crippen molar-refractivity contribution in [3.63, 3.8) is 0 Å². The van der Waals surface area contributed by atoms with Crippen LogP contribution in [0, 0.1) is 23.7 Å². The molecule has 1 aliphatic heterocycles. The molecule has 1 aromatic heterocycles. The van der Waals surface area contributed by atoms with Gasteiger partial charge in [0.25, 0.3) is 11.8 Å². The molecule has 0 radical (unpaired) electrons. The van der Waals surface area contributed by atoms with Crippen LogP contribution in [0.3, 0.4) is 0 Å². The normalized spacial score (nSPS) is 20.1. The maximum Gasteiger partial charge on any atom is 0.326 e. The van der Waals surface area contributed by atoms with Gasteiger partial charge >= 0.3 is 5.97 Å². The van der Waals surface area contributed by atoms with E-state index >= 15 is 0 Å². The number of hydrogen-bond acceptors (Lipinski definition) is 9. The van der Waals surface area contributed by atoms with Gasteiger partial charge < -0.3 is 31.3 Å². The van der Waals surface area contributed by atoms with Crippen LogP contribution in [0.4, 0.5) is 0 Å².